The van der Waals surface area contributed by atoms with E-state index in [4.69, 9.17) is 9.84 Å². The zero-order valence-electron chi connectivity index (χ0n) is 10.6. The highest BCUT2D eigenvalue weighted by molar-refractivity contribution is 7.99. The standard InChI is InChI=1S/C11H20N2O4S/c1-17-5-2-3-12-10(14)7-13-4-6-18-8-9(13)11(15)16/h9H,2-8H2,1H3,(H,12,14)(H,15,16). The van der Waals surface area contributed by atoms with Gasteiger partial charge in [0.1, 0.15) is 6.04 Å². The van der Waals surface area contributed by atoms with Crippen LogP contribution in [-0.4, -0.2) is 72.8 Å². The number of carbonyl (C=O) groups is 2. The zero-order valence-corrected chi connectivity index (χ0v) is 11.4. The molecule has 1 fully saturated rings. The number of thioether (sulfide) groups is 1. The molecule has 0 aromatic carbocycles. The Morgan fingerprint density at radius 2 is 2.33 bits per heavy atom. The Kier molecular flexibility index (Phi) is 7.07. The lowest BCUT2D eigenvalue weighted by Gasteiger charge is -2.31. The van der Waals surface area contributed by atoms with Crippen LogP contribution in [0.25, 0.3) is 0 Å². The van der Waals surface area contributed by atoms with Crippen LogP contribution in [0.5, 0.6) is 0 Å². The molecule has 0 aromatic rings. The van der Waals surface area contributed by atoms with E-state index in [1.165, 1.54) is 0 Å². The van der Waals surface area contributed by atoms with E-state index in [-0.39, 0.29) is 12.5 Å². The number of carboxylic acid groups (broad SMARTS) is 1. The van der Waals surface area contributed by atoms with Crippen LogP contribution in [0.1, 0.15) is 6.42 Å². The monoisotopic (exact) mass is 276 g/mol. The van der Waals surface area contributed by atoms with Gasteiger partial charge in [-0.15, -0.1) is 0 Å². The number of methoxy groups -OCH3 is 1. The van der Waals surface area contributed by atoms with Crippen LogP contribution in [0.4, 0.5) is 0 Å². The van der Waals surface area contributed by atoms with Gasteiger partial charge in [-0.25, -0.2) is 0 Å². The molecule has 1 rings (SSSR count). The van der Waals surface area contributed by atoms with E-state index in [1.54, 1.807) is 23.8 Å². The Morgan fingerprint density at radius 3 is 3.00 bits per heavy atom. The third-order valence-corrected chi connectivity index (χ3v) is 3.74. The third-order valence-electron chi connectivity index (χ3n) is 2.72. The Labute approximate surface area is 111 Å². The first-order valence-corrected chi connectivity index (χ1v) is 7.11. The first-order chi connectivity index (χ1) is 8.65. The molecule has 0 spiro atoms. The van der Waals surface area contributed by atoms with Crippen molar-refractivity contribution in [1.82, 2.24) is 10.2 Å². The minimum Gasteiger partial charge on any atom is -0.480 e. The zero-order chi connectivity index (χ0) is 13.4. The number of ether oxygens (including phenoxy) is 1. The second-order valence-corrected chi connectivity index (χ2v) is 5.25. The van der Waals surface area contributed by atoms with E-state index in [0.29, 0.717) is 25.4 Å². The van der Waals surface area contributed by atoms with Gasteiger partial charge in [-0.1, -0.05) is 0 Å². The molecule has 18 heavy (non-hydrogen) atoms. The third kappa shape index (κ3) is 5.24. The maximum atomic E-state index is 11.6. The summed E-state index contributed by atoms with van der Waals surface area (Å²) in [6.07, 6.45) is 0.764. The van der Waals surface area contributed by atoms with Gasteiger partial charge in [0.15, 0.2) is 0 Å². The molecule has 0 aliphatic carbocycles. The van der Waals surface area contributed by atoms with E-state index >= 15 is 0 Å². The summed E-state index contributed by atoms with van der Waals surface area (Å²) in [5.41, 5.74) is 0. The maximum Gasteiger partial charge on any atom is 0.321 e. The highest BCUT2D eigenvalue weighted by atomic mass is 32.2. The molecule has 1 amide bonds. The minimum absolute atomic E-state index is 0.121. The van der Waals surface area contributed by atoms with Crippen LogP contribution < -0.4 is 5.32 Å². The Bertz CT molecular complexity index is 288. The molecule has 1 heterocycles. The van der Waals surface area contributed by atoms with Crippen molar-refractivity contribution >= 4 is 23.6 Å². The second-order valence-electron chi connectivity index (χ2n) is 4.10. The highest BCUT2D eigenvalue weighted by Crippen LogP contribution is 2.16. The predicted molar refractivity (Wildman–Crippen MR) is 69.8 cm³/mol. The Balaban J connectivity index is 2.30. The van der Waals surface area contributed by atoms with Crippen LogP contribution in [0, 0.1) is 0 Å². The molecule has 6 nitrogen and oxygen atoms in total. The van der Waals surface area contributed by atoms with Gasteiger partial charge in [0, 0.05) is 38.3 Å². The van der Waals surface area contributed by atoms with Gasteiger partial charge in [0.2, 0.25) is 5.91 Å². The topological polar surface area (TPSA) is 78.9 Å². The Hall–Kier alpha value is -0.790. The summed E-state index contributed by atoms with van der Waals surface area (Å²) in [7, 11) is 1.62. The van der Waals surface area contributed by atoms with Gasteiger partial charge in [0.25, 0.3) is 0 Å². The lowest BCUT2D eigenvalue weighted by atomic mass is 10.2. The number of carboxylic acids is 1. The molecule has 0 radical (unpaired) electrons. The average Bonchev–Trinajstić information content (AvgIpc) is 2.35. The van der Waals surface area contributed by atoms with Crippen molar-refractivity contribution in [3.8, 4) is 0 Å². The fourth-order valence-electron chi connectivity index (χ4n) is 1.74. The number of hydrogen-bond donors (Lipinski definition) is 2. The summed E-state index contributed by atoms with van der Waals surface area (Å²) in [6, 6.07) is -0.548. The van der Waals surface area contributed by atoms with Crippen LogP contribution >= 0.6 is 11.8 Å². The summed E-state index contributed by atoms with van der Waals surface area (Å²) >= 11 is 1.62. The van der Waals surface area contributed by atoms with Crippen molar-refractivity contribution in [3.63, 3.8) is 0 Å². The van der Waals surface area contributed by atoms with Crippen molar-refractivity contribution in [2.45, 2.75) is 12.5 Å². The molecular weight excluding hydrogens is 256 g/mol. The van der Waals surface area contributed by atoms with Crippen LogP contribution in [0.2, 0.25) is 0 Å². The van der Waals surface area contributed by atoms with E-state index < -0.39 is 12.0 Å². The summed E-state index contributed by atoms with van der Waals surface area (Å²) in [5.74, 6) is 0.450. The Morgan fingerprint density at radius 1 is 1.56 bits per heavy atom. The largest absolute Gasteiger partial charge is 0.480 e. The maximum absolute atomic E-state index is 11.6. The van der Waals surface area contributed by atoms with Crippen molar-refractivity contribution in [3.05, 3.63) is 0 Å². The molecule has 2 N–H and O–H groups in total. The average molecular weight is 276 g/mol. The van der Waals surface area contributed by atoms with Crippen LogP contribution in [0.3, 0.4) is 0 Å². The molecule has 1 atom stereocenters. The summed E-state index contributed by atoms with van der Waals surface area (Å²) in [4.78, 5) is 24.4. The molecule has 1 aliphatic rings. The van der Waals surface area contributed by atoms with Gasteiger partial charge >= 0.3 is 5.97 Å². The fraction of sp³-hybridized carbons (Fsp3) is 0.818. The lowest BCUT2D eigenvalue weighted by molar-refractivity contribution is -0.143. The SMILES string of the molecule is COCCCNC(=O)CN1CCSCC1C(=O)O. The van der Waals surface area contributed by atoms with Crippen molar-refractivity contribution in [2.24, 2.45) is 0 Å². The van der Waals surface area contributed by atoms with E-state index in [0.717, 1.165) is 12.2 Å². The number of rotatable bonds is 7. The van der Waals surface area contributed by atoms with Gasteiger partial charge in [-0.3, -0.25) is 14.5 Å². The molecular formula is C11H20N2O4S. The van der Waals surface area contributed by atoms with E-state index in [9.17, 15) is 9.59 Å². The molecule has 0 saturated carbocycles. The molecule has 7 heteroatoms. The summed E-state index contributed by atoms with van der Waals surface area (Å²) < 4.78 is 4.88. The molecule has 104 valence electrons. The fourth-order valence-corrected chi connectivity index (χ4v) is 2.85. The van der Waals surface area contributed by atoms with Crippen molar-refractivity contribution < 1.29 is 19.4 Å². The highest BCUT2D eigenvalue weighted by Gasteiger charge is 2.29. The molecule has 1 aliphatic heterocycles. The number of carbonyl (C=O) groups excluding carboxylic acids is 1. The van der Waals surface area contributed by atoms with Gasteiger partial charge in [0.05, 0.1) is 6.54 Å². The molecule has 0 bridgehead atoms. The van der Waals surface area contributed by atoms with Crippen LogP contribution in [-0.2, 0) is 14.3 Å². The first-order valence-electron chi connectivity index (χ1n) is 5.95. The normalized spacial score (nSPS) is 20.6. The predicted octanol–water partition coefficient (Wildman–Crippen LogP) is -0.359. The lowest BCUT2D eigenvalue weighted by Crippen LogP contribution is -2.51. The van der Waals surface area contributed by atoms with E-state index in [2.05, 4.69) is 5.32 Å². The number of nitrogens with zero attached hydrogens (tertiary/aromatic N) is 1. The number of nitrogens with one attached hydrogen (secondary N) is 1. The second kappa shape index (κ2) is 8.34. The molecule has 1 unspecified atom stereocenters. The molecule has 0 aromatic heterocycles. The number of amides is 1. The number of hydrogen-bond acceptors (Lipinski definition) is 5. The van der Waals surface area contributed by atoms with Gasteiger partial charge in [-0.05, 0) is 6.42 Å². The first kappa shape index (κ1) is 15.3. The number of aliphatic carboxylic acids is 1. The van der Waals surface area contributed by atoms with Crippen molar-refractivity contribution in [2.75, 3.05) is 44.9 Å². The summed E-state index contributed by atoms with van der Waals surface area (Å²) in [5, 5.41) is 11.8. The summed E-state index contributed by atoms with van der Waals surface area (Å²) in [6.45, 7) is 1.98. The van der Waals surface area contributed by atoms with E-state index in [1.807, 2.05) is 0 Å². The quantitative estimate of drug-likeness (QED) is 0.618. The van der Waals surface area contributed by atoms with Crippen LogP contribution in [0.15, 0.2) is 0 Å². The van der Waals surface area contributed by atoms with Gasteiger partial charge < -0.3 is 15.2 Å². The minimum atomic E-state index is -0.852. The van der Waals surface area contributed by atoms with Crippen molar-refractivity contribution in [1.29, 1.82) is 0 Å². The van der Waals surface area contributed by atoms with Gasteiger partial charge in [-0.2, -0.15) is 11.8 Å². The molecule has 1 saturated heterocycles. The smallest absolute Gasteiger partial charge is 0.321 e.